The van der Waals surface area contributed by atoms with Gasteiger partial charge in [-0.3, -0.25) is 0 Å². The van der Waals surface area contributed by atoms with E-state index in [2.05, 4.69) is 20.4 Å². The van der Waals surface area contributed by atoms with Gasteiger partial charge in [0.2, 0.25) is 5.89 Å². The van der Waals surface area contributed by atoms with E-state index in [1.807, 2.05) is 54.6 Å². The second-order valence-corrected chi connectivity index (χ2v) is 7.77. The summed E-state index contributed by atoms with van der Waals surface area (Å²) in [7, 11) is 0. The van der Waals surface area contributed by atoms with Crippen molar-refractivity contribution < 1.29 is 9.32 Å². The fourth-order valence-corrected chi connectivity index (χ4v) is 3.50. The molecule has 8 heteroatoms. The first kappa shape index (κ1) is 18.5. The van der Waals surface area contributed by atoms with E-state index in [0.717, 1.165) is 30.0 Å². The lowest BCUT2D eigenvalue weighted by Crippen LogP contribution is -2.43. The number of aryl methyl sites for hydroxylation is 1. The molecular formula is C20H26N6O2. The van der Waals surface area contributed by atoms with Crippen LogP contribution >= 0.6 is 0 Å². The van der Waals surface area contributed by atoms with Gasteiger partial charge in [-0.1, -0.05) is 25.1 Å². The van der Waals surface area contributed by atoms with Gasteiger partial charge in [0, 0.05) is 37.3 Å². The number of imidazole rings is 1. The summed E-state index contributed by atoms with van der Waals surface area (Å²) in [6.07, 6.45) is 5.65. The maximum absolute atomic E-state index is 12.5. The van der Waals surface area contributed by atoms with Crippen molar-refractivity contribution in [3.8, 4) is 0 Å². The van der Waals surface area contributed by atoms with Crippen molar-refractivity contribution in [1.29, 1.82) is 0 Å². The fourth-order valence-electron chi connectivity index (χ4n) is 3.50. The predicted octanol–water partition coefficient (Wildman–Crippen LogP) is 3.24. The molecule has 3 aromatic rings. The number of hydrogen-bond acceptors (Lipinski definition) is 5. The van der Waals surface area contributed by atoms with Gasteiger partial charge in [-0.2, -0.15) is 4.98 Å². The lowest BCUT2D eigenvalue weighted by atomic mass is 9.97. The van der Waals surface area contributed by atoms with Crippen molar-refractivity contribution in [1.82, 2.24) is 29.7 Å². The number of piperidine rings is 1. The van der Waals surface area contributed by atoms with Crippen molar-refractivity contribution in [2.75, 3.05) is 13.1 Å². The molecule has 1 fully saturated rings. The minimum absolute atomic E-state index is 0.0555. The molecule has 0 bridgehead atoms. The SMILES string of the molecule is Cc1ccc2nc(CNC(=O)N3CCC(c4nc(C(C)C)no4)CC3)cn2c1. The van der Waals surface area contributed by atoms with Crippen molar-refractivity contribution in [2.24, 2.45) is 0 Å². The van der Waals surface area contributed by atoms with Crippen LogP contribution in [0.4, 0.5) is 4.79 Å². The standard InChI is InChI=1S/C20H26N6O2/c1-13(2)18-23-19(28-24-18)15-6-8-25(9-7-15)20(27)21-10-16-12-26-11-14(3)4-5-17(26)22-16/h4-5,11-13,15H,6-10H2,1-3H3,(H,21,27). The number of likely N-dealkylation sites (tertiary alicyclic amines) is 1. The third kappa shape index (κ3) is 3.85. The van der Waals surface area contributed by atoms with Crippen LogP contribution in [0.2, 0.25) is 0 Å². The molecule has 0 aromatic carbocycles. The van der Waals surface area contributed by atoms with Crippen LogP contribution < -0.4 is 5.32 Å². The van der Waals surface area contributed by atoms with Gasteiger partial charge in [0.15, 0.2) is 5.82 Å². The van der Waals surface area contributed by atoms with Crippen molar-refractivity contribution >= 4 is 11.7 Å². The first-order valence-electron chi connectivity index (χ1n) is 9.80. The van der Waals surface area contributed by atoms with E-state index in [0.29, 0.717) is 25.5 Å². The fraction of sp³-hybridized carbons (Fsp3) is 0.500. The van der Waals surface area contributed by atoms with Crippen LogP contribution in [0.1, 0.15) is 61.5 Å². The Morgan fingerprint density at radius 1 is 1.25 bits per heavy atom. The number of carbonyl (C=O) groups excluding carboxylic acids is 1. The molecule has 2 amide bonds. The molecular weight excluding hydrogens is 356 g/mol. The smallest absolute Gasteiger partial charge is 0.317 e. The summed E-state index contributed by atoms with van der Waals surface area (Å²) in [4.78, 5) is 23.4. The number of urea groups is 1. The zero-order valence-corrected chi connectivity index (χ0v) is 16.6. The molecule has 0 radical (unpaired) electrons. The third-order valence-corrected chi connectivity index (χ3v) is 5.17. The molecule has 1 N–H and O–H groups in total. The molecule has 4 rings (SSSR count). The molecule has 0 atom stereocenters. The van der Waals surface area contributed by atoms with Gasteiger partial charge in [-0.25, -0.2) is 9.78 Å². The quantitative estimate of drug-likeness (QED) is 0.748. The lowest BCUT2D eigenvalue weighted by Gasteiger charge is -2.30. The summed E-state index contributed by atoms with van der Waals surface area (Å²) >= 11 is 0. The van der Waals surface area contributed by atoms with Gasteiger partial charge in [-0.05, 0) is 31.4 Å². The Morgan fingerprint density at radius 3 is 2.75 bits per heavy atom. The Bertz CT molecular complexity index is 968. The second kappa shape index (κ2) is 7.61. The highest BCUT2D eigenvalue weighted by molar-refractivity contribution is 5.74. The minimum atomic E-state index is -0.0555. The molecule has 4 heterocycles. The second-order valence-electron chi connectivity index (χ2n) is 7.77. The van der Waals surface area contributed by atoms with Crippen LogP contribution in [-0.4, -0.2) is 43.5 Å². The molecule has 1 aliphatic heterocycles. The summed E-state index contributed by atoms with van der Waals surface area (Å²) in [5.74, 6) is 1.93. The molecule has 3 aromatic heterocycles. The molecule has 1 aliphatic rings. The van der Waals surface area contributed by atoms with Gasteiger partial charge in [-0.15, -0.1) is 0 Å². The Hall–Kier alpha value is -2.90. The van der Waals surface area contributed by atoms with Crippen molar-refractivity contribution in [3.05, 3.63) is 47.5 Å². The highest BCUT2D eigenvalue weighted by atomic mass is 16.5. The zero-order chi connectivity index (χ0) is 19.7. The van der Waals surface area contributed by atoms with E-state index in [-0.39, 0.29) is 17.9 Å². The molecule has 8 nitrogen and oxygen atoms in total. The van der Waals surface area contributed by atoms with E-state index in [4.69, 9.17) is 4.52 Å². The van der Waals surface area contributed by atoms with Crippen molar-refractivity contribution in [2.45, 2.75) is 52.0 Å². The molecule has 148 valence electrons. The van der Waals surface area contributed by atoms with E-state index >= 15 is 0 Å². The minimum Gasteiger partial charge on any atom is -0.339 e. The zero-order valence-electron chi connectivity index (χ0n) is 16.6. The summed E-state index contributed by atoms with van der Waals surface area (Å²) in [5, 5.41) is 7.02. The summed E-state index contributed by atoms with van der Waals surface area (Å²) in [6.45, 7) is 7.92. The first-order valence-corrected chi connectivity index (χ1v) is 9.80. The number of amides is 2. The average molecular weight is 382 g/mol. The number of rotatable bonds is 4. The van der Waals surface area contributed by atoms with Crippen molar-refractivity contribution in [3.63, 3.8) is 0 Å². The Kier molecular flexibility index (Phi) is 5.02. The molecule has 0 spiro atoms. The largest absolute Gasteiger partial charge is 0.339 e. The van der Waals surface area contributed by atoms with Crippen LogP contribution in [0.5, 0.6) is 0 Å². The monoisotopic (exact) mass is 382 g/mol. The Morgan fingerprint density at radius 2 is 2.04 bits per heavy atom. The number of fused-ring (bicyclic) bond motifs is 1. The maximum Gasteiger partial charge on any atom is 0.317 e. The number of nitrogens with zero attached hydrogens (tertiary/aromatic N) is 5. The topological polar surface area (TPSA) is 88.6 Å². The highest BCUT2D eigenvalue weighted by Crippen LogP contribution is 2.27. The molecule has 1 saturated heterocycles. The third-order valence-electron chi connectivity index (χ3n) is 5.17. The van der Waals surface area contributed by atoms with Crippen LogP contribution in [0.3, 0.4) is 0 Å². The van der Waals surface area contributed by atoms with E-state index < -0.39 is 0 Å². The Balaban J connectivity index is 1.29. The number of hydrogen-bond donors (Lipinski definition) is 1. The van der Waals surface area contributed by atoms with Gasteiger partial charge in [0.25, 0.3) is 0 Å². The van der Waals surface area contributed by atoms with Gasteiger partial charge in [0.05, 0.1) is 12.2 Å². The summed E-state index contributed by atoms with van der Waals surface area (Å²) in [5.41, 5.74) is 2.90. The molecule has 0 unspecified atom stereocenters. The predicted molar refractivity (Wildman–Crippen MR) is 104 cm³/mol. The van der Waals surface area contributed by atoms with Crippen LogP contribution in [0.15, 0.2) is 29.0 Å². The molecule has 0 aliphatic carbocycles. The van der Waals surface area contributed by atoms with Gasteiger partial charge in [0.1, 0.15) is 5.65 Å². The van der Waals surface area contributed by atoms with E-state index in [1.165, 1.54) is 5.56 Å². The number of aromatic nitrogens is 4. The van der Waals surface area contributed by atoms with Gasteiger partial charge < -0.3 is 19.1 Å². The Labute approximate surface area is 163 Å². The van der Waals surface area contributed by atoms with Crippen LogP contribution in [-0.2, 0) is 6.54 Å². The summed E-state index contributed by atoms with van der Waals surface area (Å²) in [6, 6.07) is 3.95. The van der Waals surface area contributed by atoms with Crippen LogP contribution in [0, 0.1) is 6.92 Å². The highest BCUT2D eigenvalue weighted by Gasteiger charge is 2.27. The number of pyridine rings is 1. The summed E-state index contributed by atoms with van der Waals surface area (Å²) < 4.78 is 7.40. The number of nitrogens with one attached hydrogen (secondary N) is 1. The van der Waals surface area contributed by atoms with Crippen LogP contribution in [0.25, 0.3) is 5.65 Å². The number of carbonyl (C=O) groups is 1. The normalized spacial score (nSPS) is 15.5. The first-order chi connectivity index (χ1) is 13.5. The lowest BCUT2D eigenvalue weighted by molar-refractivity contribution is 0.175. The molecule has 28 heavy (non-hydrogen) atoms. The van der Waals surface area contributed by atoms with E-state index in [1.54, 1.807) is 0 Å². The molecule has 0 saturated carbocycles. The van der Waals surface area contributed by atoms with E-state index in [9.17, 15) is 4.79 Å². The maximum atomic E-state index is 12.5. The van der Waals surface area contributed by atoms with Gasteiger partial charge >= 0.3 is 6.03 Å². The average Bonchev–Trinajstić information content (AvgIpc) is 3.33.